The lowest BCUT2D eigenvalue weighted by atomic mass is 9.91. The van der Waals surface area contributed by atoms with Gasteiger partial charge in [-0.2, -0.15) is 5.26 Å². The lowest BCUT2D eigenvalue weighted by molar-refractivity contribution is 0.462. The van der Waals surface area contributed by atoms with E-state index in [1.807, 2.05) is 13.8 Å². The van der Waals surface area contributed by atoms with Gasteiger partial charge in [-0.1, -0.05) is 34.1 Å². The minimum absolute atomic E-state index is 0. The zero-order valence-corrected chi connectivity index (χ0v) is 7.28. The van der Waals surface area contributed by atoms with E-state index in [9.17, 15) is 0 Å². The summed E-state index contributed by atoms with van der Waals surface area (Å²) < 4.78 is 0. The van der Waals surface area contributed by atoms with Gasteiger partial charge < -0.3 is 0 Å². The van der Waals surface area contributed by atoms with Gasteiger partial charge in [0, 0.05) is 0 Å². The quantitative estimate of drug-likeness (QED) is 0.522. The summed E-state index contributed by atoms with van der Waals surface area (Å²) in [5.74, 6) is 0. The topological polar surface area (TPSA) is 23.8 Å². The zero-order valence-electron chi connectivity index (χ0n) is 7.28. The molecule has 66 valence electrons. The lowest BCUT2D eigenvalue weighted by Gasteiger charge is -2.09. The Kier molecular flexibility index (Phi) is 7.41. The van der Waals surface area contributed by atoms with Gasteiger partial charge in [-0.25, -0.2) is 0 Å². The van der Waals surface area contributed by atoms with Crippen LogP contribution in [0, 0.1) is 16.7 Å². The first kappa shape index (κ1) is 13.1. The molecule has 1 nitrogen and oxygen atoms in total. The number of nitrogens with zero attached hydrogens (tertiary/aromatic N) is 1. The summed E-state index contributed by atoms with van der Waals surface area (Å²) >= 11 is 0. The van der Waals surface area contributed by atoms with E-state index in [2.05, 4.69) is 13.0 Å². The van der Waals surface area contributed by atoms with Gasteiger partial charge in [-0.3, -0.25) is 0 Å². The molecule has 0 N–H and O–H groups in total. The molecule has 0 unspecified atom stereocenters. The van der Waals surface area contributed by atoms with E-state index in [0.717, 1.165) is 12.8 Å². The third kappa shape index (κ3) is 4.03. The van der Waals surface area contributed by atoms with Gasteiger partial charge >= 0.3 is 0 Å². The molecule has 1 rings (SSSR count). The number of hydrogen-bond donors (Lipinski definition) is 0. The van der Waals surface area contributed by atoms with Gasteiger partial charge in [0.05, 0.1) is 11.5 Å². The first-order valence-corrected chi connectivity index (χ1v) is 4.18. The normalized spacial score (nSPS) is 18.7. The van der Waals surface area contributed by atoms with Crippen molar-refractivity contribution in [2.24, 2.45) is 5.41 Å². The highest BCUT2D eigenvalue weighted by Gasteiger charge is 2.27. The Hall–Kier alpha value is -0.510. The highest BCUT2D eigenvalue weighted by molar-refractivity contribution is 4.98. The Labute approximate surface area is 71.4 Å². The highest BCUT2D eigenvalue weighted by atomic mass is 14.4. The van der Waals surface area contributed by atoms with Gasteiger partial charge in [0.15, 0.2) is 0 Å². The van der Waals surface area contributed by atoms with Crippen LogP contribution in [0.4, 0.5) is 0 Å². The minimum atomic E-state index is 0. The van der Waals surface area contributed by atoms with Crippen molar-refractivity contribution in [3.63, 3.8) is 0 Å². The molecule has 0 saturated heterocycles. The van der Waals surface area contributed by atoms with E-state index in [1.54, 1.807) is 0 Å². The molecule has 0 aromatic heterocycles. The van der Waals surface area contributed by atoms with E-state index >= 15 is 0 Å². The maximum absolute atomic E-state index is 8.58. The predicted octanol–water partition coefficient (Wildman–Crippen LogP) is 3.75. The van der Waals surface area contributed by atoms with Crippen molar-refractivity contribution in [1.82, 2.24) is 0 Å². The fourth-order valence-corrected chi connectivity index (χ4v) is 1.27. The van der Waals surface area contributed by atoms with Crippen LogP contribution in [-0.2, 0) is 0 Å². The van der Waals surface area contributed by atoms with Gasteiger partial charge in [-0.15, -0.1) is 0 Å². The molecule has 1 aliphatic rings. The second-order valence-electron chi connectivity index (χ2n) is 2.88. The van der Waals surface area contributed by atoms with Crippen LogP contribution in [0.2, 0.25) is 0 Å². The van der Waals surface area contributed by atoms with E-state index < -0.39 is 0 Å². The minimum Gasteiger partial charge on any atom is -0.198 e. The van der Waals surface area contributed by atoms with Crippen molar-refractivity contribution in [2.45, 2.75) is 53.9 Å². The summed E-state index contributed by atoms with van der Waals surface area (Å²) in [6, 6.07) is 2.34. The second kappa shape index (κ2) is 6.22. The lowest BCUT2D eigenvalue weighted by Crippen LogP contribution is -2.05. The molecule has 1 fully saturated rings. The van der Waals surface area contributed by atoms with Crippen molar-refractivity contribution in [1.29, 1.82) is 5.26 Å². The Morgan fingerprint density at radius 1 is 1.18 bits per heavy atom. The van der Waals surface area contributed by atoms with Crippen molar-refractivity contribution in [2.75, 3.05) is 0 Å². The van der Waals surface area contributed by atoms with E-state index in [-0.39, 0.29) is 12.8 Å². The summed E-state index contributed by atoms with van der Waals surface area (Å²) in [6.45, 7) is 6.06. The van der Waals surface area contributed by atoms with Gasteiger partial charge in [0.1, 0.15) is 0 Å². The summed E-state index contributed by atoms with van der Waals surface area (Å²) in [7, 11) is 0. The summed E-state index contributed by atoms with van der Waals surface area (Å²) in [4.78, 5) is 0. The molecule has 11 heavy (non-hydrogen) atoms. The molecule has 0 radical (unpaired) electrons. The molecule has 0 aliphatic heterocycles. The smallest absolute Gasteiger partial charge is 0.0686 e. The summed E-state index contributed by atoms with van der Waals surface area (Å²) in [5.41, 5.74) is 0.0417. The zero-order chi connectivity index (χ0) is 8.04. The average Bonchev–Trinajstić information content (AvgIpc) is 2.42. The molecule has 1 aliphatic carbocycles. The van der Waals surface area contributed by atoms with Crippen LogP contribution < -0.4 is 0 Å². The first-order valence-electron chi connectivity index (χ1n) is 4.18. The van der Waals surface area contributed by atoms with Crippen molar-refractivity contribution >= 4 is 0 Å². The summed E-state index contributed by atoms with van der Waals surface area (Å²) in [5, 5.41) is 8.58. The standard InChI is InChI=1S/C7H11N.C2H6.CH4/c1-7(6-8)4-2-3-5-7;1-2;/h2-5H2,1H3;1-2H3;1H4. The number of nitriles is 1. The second-order valence-corrected chi connectivity index (χ2v) is 2.88. The maximum atomic E-state index is 8.58. The molecule has 0 spiro atoms. The summed E-state index contributed by atoms with van der Waals surface area (Å²) in [6.07, 6.45) is 4.74. The Morgan fingerprint density at radius 3 is 1.73 bits per heavy atom. The largest absolute Gasteiger partial charge is 0.198 e. The van der Waals surface area contributed by atoms with Crippen molar-refractivity contribution in [3.05, 3.63) is 0 Å². The fraction of sp³-hybridized carbons (Fsp3) is 0.900. The number of rotatable bonds is 0. The Morgan fingerprint density at radius 2 is 1.55 bits per heavy atom. The molecule has 0 atom stereocenters. The molecule has 0 amide bonds. The van der Waals surface area contributed by atoms with E-state index in [1.165, 1.54) is 12.8 Å². The first-order chi connectivity index (χ1) is 4.77. The van der Waals surface area contributed by atoms with Crippen LogP contribution >= 0.6 is 0 Å². The third-order valence-electron chi connectivity index (χ3n) is 1.98. The van der Waals surface area contributed by atoms with Crippen LogP contribution in [0.15, 0.2) is 0 Å². The molecular formula is C10H21N. The molecule has 0 heterocycles. The molecule has 1 heteroatoms. The van der Waals surface area contributed by atoms with Crippen LogP contribution in [0.3, 0.4) is 0 Å². The van der Waals surface area contributed by atoms with Crippen LogP contribution in [0.5, 0.6) is 0 Å². The van der Waals surface area contributed by atoms with Crippen molar-refractivity contribution in [3.8, 4) is 6.07 Å². The van der Waals surface area contributed by atoms with E-state index in [0.29, 0.717) is 0 Å². The third-order valence-corrected chi connectivity index (χ3v) is 1.98. The molecule has 0 bridgehead atoms. The predicted molar refractivity (Wildman–Crippen MR) is 50.3 cm³/mol. The monoisotopic (exact) mass is 155 g/mol. The molecule has 0 aromatic carbocycles. The highest BCUT2D eigenvalue weighted by Crippen LogP contribution is 2.36. The SMILES string of the molecule is C.CC.CC1(C#N)CCCC1. The van der Waals surface area contributed by atoms with Gasteiger partial charge in [0.2, 0.25) is 0 Å². The van der Waals surface area contributed by atoms with Crippen LogP contribution in [0.1, 0.15) is 53.9 Å². The Balaban J connectivity index is 0. The molecule has 1 saturated carbocycles. The fourth-order valence-electron chi connectivity index (χ4n) is 1.27. The van der Waals surface area contributed by atoms with Crippen LogP contribution in [0.25, 0.3) is 0 Å². The maximum Gasteiger partial charge on any atom is 0.0686 e. The Bertz CT molecular complexity index is 115. The van der Waals surface area contributed by atoms with Gasteiger partial charge in [0.25, 0.3) is 0 Å². The average molecular weight is 155 g/mol. The van der Waals surface area contributed by atoms with Crippen molar-refractivity contribution < 1.29 is 0 Å². The molecule has 0 aromatic rings. The molecular weight excluding hydrogens is 134 g/mol. The van der Waals surface area contributed by atoms with Crippen LogP contribution in [-0.4, -0.2) is 0 Å². The van der Waals surface area contributed by atoms with E-state index in [4.69, 9.17) is 5.26 Å². The number of hydrogen-bond acceptors (Lipinski definition) is 1. The van der Waals surface area contributed by atoms with Gasteiger partial charge in [-0.05, 0) is 19.8 Å².